The molecule has 2 fully saturated rings. The molecule has 2 saturated carbocycles. The van der Waals surface area contributed by atoms with Crippen molar-refractivity contribution < 1.29 is 4.79 Å². The molecular weight excluding hydrogens is 292 g/mol. The SMILES string of the molecule is CC(=O)CC/C=C(/C)CCC1C(C)CCC2C(C)(C)CCCC12C. The first kappa shape index (κ1) is 19.7. The first-order valence-corrected chi connectivity index (χ1v) is 10.3. The Hall–Kier alpha value is -0.590. The normalized spacial score (nSPS) is 36.2. The third kappa shape index (κ3) is 4.33. The third-order valence-electron chi connectivity index (χ3n) is 7.56. The molecule has 0 amide bonds. The van der Waals surface area contributed by atoms with E-state index in [4.69, 9.17) is 0 Å². The lowest BCUT2D eigenvalue weighted by atomic mass is 9.46. The lowest BCUT2D eigenvalue weighted by Gasteiger charge is -2.59. The highest BCUT2D eigenvalue weighted by molar-refractivity contribution is 5.75. The van der Waals surface area contributed by atoms with Crippen LogP contribution in [-0.2, 0) is 4.79 Å². The van der Waals surface area contributed by atoms with Crippen LogP contribution in [0.1, 0.15) is 99.3 Å². The van der Waals surface area contributed by atoms with Crippen LogP contribution in [0.4, 0.5) is 0 Å². The molecule has 2 rings (SSSR count). The Labute approximate surface area is 150 Å². The van der Waals surface area contributed by atoms with E-state index in [-0.39, 0.29) is 0 Å². The number of hydrogen-bond donors (Lipinski definition) is 0. The van der Waals surface area contributed by atoms with Crippen LogP contribution in [0.2, 0.25) is 0 Å². The molecule has 24 heavy (non-hydrogen) atoms. The molecule has 1 nitrogen and oxygen atoms in total. The molecule has 0 aromatic carbocycles. The van der Waals surface area contributed by atoms with Crippen LogP contribution < -0.4 is 0 Å². The van der Waals surface area contributed by atoms with Gasteiger partial charge in [0.2, 0.25) is 0 Å². The maximum Gasteiger partial charge on any atom is 0.130 e. The summed E-state index contributed by atoms with van der Waals surface area (Å²) in [5.41, 5.74) is 2.56. The summed E-state index contributed by atoms with van der Waals surface area (Å²) in [5, 5.41) is 0. The summed E-state index contributed by atoms with van der Waals surface area (Å²) >= 11 is 0. The fourth-order valence-corrected chi connectivity index (χ4v) is 6.23. The number of hydrogen-bond acceptors (Lipinski definition) is 1. The van der Waals surface area contributed by atoms with Gasteiger partial charge in [-0.15, -0.1) is 0 Å². The quantitative estimate of drug-likeness (QED) is 0.480. The smallest absolute Gasteiger partial charge is 0.130 e. The van der Waals surface area contributed by atoms with Crippen molar-refractivity contribution in [2.24, 2.45) is 28.6 Å². The second-order valence-corrected chi connectivity index (χ2v) is 9.89. The van der Waals surface area contributed by atoms with Gasteiger partial charge < -0.3 is 4.79 Å². The summed E-state index contributed by atoms with van der Waals surface area (Å²) in [5.74, 6) is 2.94. The zero-order valence-electron chi connectivity index (χ0n) is 17.1. The molecule has 0 N–H and O–H groups in total. The minimum Gasteiger partial charge on any atom is -0.300 e. The average Bonchev–Trinajstić information content (AvgIpc) is 2.45. The number of carbonyl (C=O) groups excluding carboxylic acids is 1. The Morgan fingerprint density at radius 1 is 1.08 bits per heavy atom. The molecule has 138 valence electrons. The van der Waals surface area contributed by atoms with Crippen molar-refractivity contribution >= 4 is 5.78 Å². The maximum absolute atomic E-state index is 11.1. The van der Waals surface area contributed by atoms with Crippen molar-refractivity contribution in [3.05, 3.63) is 11.6 Å². The van der Waals surface area contributed by atoms with E-state index in [1.165, 1.54) is 50.5 Å². The van der Waals surface area contributed by atoms with Crippen LogP contribution >= 0.6 is 0 Å². The highest BCUT2D eigenvalue weighted by atomic mass is 16.1. The average molecular weight is 333 g/mol. The van der Waals surface area contributed by atoms with Crippen LogP contribution in [0.25, 0.3) is 0 Å². The molecule has 2 aliphatic carbocycles. The monoisotopic (exact) mass is 332 g/mol. The van der Waals surface area contributed by atoms with E-state index in [1.807, 2.05) is 0 Å². The van der Waals surface area contributed by atoms with Gasteiger partial charge in [0, 0.05) is 6.42 Å². The van der Waals surface area contributed by atoms with Gasteiger partial charge in [-0.05, 0) is 81.0 Å². The maximum atomic E-state index is 11.1. The summed E-state index contributed by atoms with van der Waals surface area (Å²) in [7, 11) is 0. The molecule has 0 heterocycles. The van der Waals surface area contributed by atoms with Gasteiger partial charge in [0.05, 0.1) is 0 Å². The standard InChI is InChI=1S/C23H40O/c1-17(9-7-10-19(3)24)11-13-20-18(2)12-14-21-22(4,5)15-8-16-23(20,21)6/h9,18,20-21H,7-8,10-16H2,1-6H3/b17-9-. The van der Waals surface area contributed by atoms with Gasteiger partial charge in [-0.3, -0.25) is 0 Å². The highest BCUT2D eigenvalue weighted by Crippen LogP contribution is 2.62. The van der Waals surface area contributed by atoms with Crippen molar-refractivity contribution in [2.45, 2.75) is 99.3 Å². The number of carbonyl (C=O) groups is 1. The van der Waals surface area contributed by atoms with E-state index in [0.29, 0.717) is 23.0 Å². The Morgan fingerprint density at radius 3 is 2.46 bits per heavy atom. The molecule has 2 aliphatic rings. The fourth-order valence-electron chi connectivity index (χ4n) is 6.23. The highest BCUT2D eigenvalue weighted by Gasteiger charge is 2.53. The van der Waals surface area contributed by atoms with Crippen molar-refractivity contribution in [1.29, 1.82) is 0 Å². The van der Waals surface area contributed by atoms with Gasteiger partial charge >= 0.3 is 0 Å². The van der Waals surface area contributed by atoms with Gasteiger partial charge in [-0.1, -0.05) is 52.2 Å². The molecule has 0 spiro atoms. The number of Topliss-reactive ketones (excluding diaryl/α,β-unsaturated/α-hetero) is 1. The van der Waals surface area contributed by atoms with E-state index in [2.05, 4.69) is 40.7 Å². The fraction of sp³-hybridized carbons (Fsp3) is 0.870. The van der Waals surface area contributed by atoms with Crippen LogP contribution in [0, 0.1) is 28.6 Å². The number of rotatable bonds is 6. The van der Waals surface area contributed by atoms with Crippen molar-refractivity contribution in [2.75, 3.05) is 0 Å². The van der Waals surface area contributed by atoms with Crippen molar-refractivity contribution in [3.63, 3.8) is 0 Å². The van der Waals surface area contributed by atoms with E-state index in [1.54, 1.807) is 6.92 Å². The molecule has 0 aromatic rings. The van der Waals surface area contributed by atoms with Gasteiger partial charge in [0.15, 0.2) is 0 Å². The molecule has 0 saturated heterocycles. The van der Waals surface area contributed by atoms with Gasteiger partial charge in [-0.25, -0.2) is 0 Å². The number of allylic oxidation sites excluding steroid dienone is 2. The third-order valence-corrected chi connectivity index (χ3v) is 7.56. The zero-order valence-corrected chi connectivity index (χ0v) is 17.1. The van der Waals surface area contributed by atoms with Crippen LogP contribution in [0.15, 0.2) is 11.6 Å². The molecule has 0 radical (unpaired) electrons. The zero-order chi connectivity index (χ0) is 18.0. The van der Waals surface area contributed by atoms with E-state index in [9.17, 15) is 4.79 Å². The van der Waals surface area contributed by atoms with Crippen LogP contribution in [0.3, 0.4) is 0 Å². The van der Waals surface area contributed by atoms with Crippen LogP contribution in [-0.4, -0.2) is 5.78 Å². The number of fused-ring (bicyclic) bond motifs is 1. The molecule has 0 aromatic heterocycles. The first-order valence-electron chi connectivity index (χ1n) is 10.3. The molecule has 0 bridgehead atoms. The predicted octanol–water partition coefficient (Wildman–Crippen LogP) is 6.96. The lowest BCUT2D eigenvalue weighted by molar-refractivity contribution is -0.116. The lowest BCUT2D eigenvalue weighted by Crippen LogP contribution is -2.51. The minimum absolute atomic E-state index is 0.305. The largest absolute Gasteiger partial charge is 0.300 e. The van der Waals surface area contributed by atoms with Crippen molar-refractivity contribution in [3.8, 4) is 0 Å². The summed E-state index contributed by atoms with van der Waals surface area (Å²) in [4.78, 5) is 11.1. The first-order chi connectivity index (χ1) is 11.2. The molecule has 0 aliphatic heterocycles. The molecular formula is C23H40O. The molecule has 1 heteroatoms. The summed E-state index contributed by atoms with van der Waals surface area (Å²) in [6.45, 7) is 14.1. The second-order valence-electron chi connectivity index (χ2n) is 9.89. The summed E-state index contributed by atoms with van der Waals surface area (Å²) < 4.78 is 0. The second kappa shape index (κ2) is 7.75. The topological polar surface area (TPSA) is 17.1 Å². The Morgan fingerprint density at radius 2 is 1.79 bits per heavy atom. The van der Waals surface area contributed by atoms with E-state index >= 15 is 0 Å². The van der Waals surface area contributed by atoms with E-state index in [0.717, 1.165) is 24.2 Å². The Kier molecular flexibility index (Phi) is 6.37. The summed E-state index contributed by atoms with van der Waals surface area (Å²) in [6, 6.07) is 0. The number of ketones is 1. The Bertz CT molecular complexity index is 472. The molecule has 4 unspecified atom stereocenters. The van der Waals surface area contributed by atoms with Gasteiger partial charge in [-0.2, -0.15) is 0 Å². The Balaban J connectivity index is 2.03. The molecule has 4 atom stereocenters. The predicted molar refractivity (Wildman–Crippen MR) is 104 cm³/mol. The summed E-state index contributed by atoms with van der Waals surface area (Å²) in [6.07, 6.45) is 13.6. The van der Waals surface area contributed by atoms with Crippen LogP contribution in [0.5, 0.6) is 0 Å². The van der Waals surface area contributed by atoms with E-state index < -0.39 is 0 Å². The van der Waals surface area contributed by atoms with Gasteiger partial charge in [0.1, 0.15) is 5.78 Å². The van der Waals surface area contributed by atoms with Gasteiger partial charge in [0.25, 0.3) is 0 Å². The van der Waals surface area contributed by atoms with Crippen molar-refractivity contribution in [1.82, 2.24) is 0 Å². The minimum atomic E-state index is 0.305.